The van der Waals surface area contributed by atoms with Crippen molar-refractivity contribution in [3.8, 4) is 11.8 Å². The summed E-state index contributed by atoms with van der Waals surface area (Å²) in [5.41, 5.74) is 0.663. The number of hydrogen-bond donors (Lipinski definition) is 1. The van der Waals surface area contributed by atoms with Gasteiger partial charge >= 0.3 is 12.2 Å². The molecule has 9 nitrogen and oxygen atoms in total. The molecule has 2 bridgehead atoms. The Hall–Kier alpha value is -2.97. The fourth-order valence-electron chi connectivity index (χ4n) is 4.88. The van der Waals surface area contributed by atoms with Gasteiger partial charge in [-0.2, -0.15) is 0 Å². The highest BCUT2D eigenvalue weighted by molar-refractivity contribution is 7.98. The summed E-state index contributed by atoms with van der Waals surface area (Å²) in [5.74, 6) is 5.69. The number of nitrogens with one attached hydrogen (secondary N) is 1. The van der Waals surface area contributed by atoms with Crippen molar-refractivity contribution in [2.45, 2.75) is 49.9 Å². The van der Waals surface area contributed by atoms with Crippen molar-refractivity contribution < 1.29 is 23.5 Å². The van der Waals surface area contributed by atoms with Crippen LogP contribution in [0, 0.1) is 23.6 Å². The average Bonchev–Trinajstić information content (AvgIpc) is 3.54. The van der Waals surface area contributed by atoms with Crippen LogP contribution < -0.4 is 5.32 Å². The average molecular weight is 548 g/mol. The highest BCUT2D eigenvalue weighted by Gasteiger charge is 2.55. The second kappa shape index (κ2) is 9.72. The van der Waals surface area contributed by atoms with E-state index in [0.717, 1.165) is 6.42 Å². The van der Waals surface area contributed by atoms with Crippen LogP contribution in [0.5, 0.6) is 0 Å². The molecule has 3 saturated heterocycles. The monoisotopic (exact) mass is 547 g/mol. The lowest BCUT2D eigenvalue weighted by Crippen LogP contribution is -2.50. The van der Waals surface area contributed by atoms with Gasteiger partial charge in [-0.15, -0.1) is 11.8 Å². The van der Waals surface area contributed by atoms with Crippen LogP contribution in [0.4, 0.5) is 19.7 Å². The number of cyclic esters (lactones) is 1. The molecule has 0 aromatic carbocycles. The van der Waals surface area contributed by atoms with Crippen LogP contribution in [-0.2, 0) is 9.47 Å². The minimum atomic E-state index is -0.705. The number of pyridine rings is 2. The van der Waals surface area contributed by atoms with E-state index in [0.29, 0.717) is 41.4 Å². The lowest BCUT2D eigenvalue weighted by molar-refractivity contribution is 0.0239. The number of carbonyl (C=O) groups is 2. The number of carbonyl (C=O) groups excluding carboxylic acids is 2. The first-order chi connectivity index (χ1) is 17.6. The first-order valence-electron chi connectivity index (χ1n) is 12.0. The Kier molecular flexibility index (Phi) is 6.75. The Balaban J connectivity index is 1.50. The van der Waals surface area contributed by atoms with E-state index in [9.17, 15) is 14.0 Å². The fourth-order valence-corrected chi connectivity index (χ4v) is 5.56. The third kappa shape index (κ3) is 4.84. The van der Waals surface area contributed by atoms with Crippen molar-refractivity contribution >= 4 is 52.1 Å². The Morgan fingerprint density at radius 2 is 2.22 bits per heavy atom. The Labute approximate surface area is 223 Å². The van der Waals surface area contributed by atoms with Gasteiger partial charge in [-0.3, -0.25) is 4.90 Å². The largest absolute Gasteiger partial charge is 0.448 e. The number of aromatic nitrogens is 2. The lowest BCUT2D eigenvalue weighted by atomic mass is 9.79. The molecule has 1 N–H and O–H groups in total. The molecule has 4 fully saturated rings. The summed E-state index contributed by atoms with van der Waals surface area (Å²) in [6, 6.07) is -0.133. The van der Waals surface area contributed by atoms with Crippen LogP contribution in [0.3, 0.4) is 0 Å². The third-order valence-corrected chi connectivity index (χ3v) is 7.60. The topological polar surface area (TPSA) is 96.9 Å². The van der Waals surface area contributed by atoms with Gasteiger partial charge in [-0.25, -0.2) is 23.9 Å². The van der Waals surface area contributed by atoms with Crippen molar-refractivity contribution in [1.29, 1.82) is 0 Å². The second-order valence-electron chi connectivity index (χ2n) is 10.2. The molecule has 196 valence electrons. The molecular weight excluding hydrogens is 521 g/mol. The van der Waals surface area contributed by atoms with Gasteiger partial charge in [0.1, 0.15) is 22.8 Å². The van der Waals surface area contributed by atoms with E-state index in [1.807, 2.05) is 27.0 Å². The molecule has 2 amide bonds. The summed E-state index contributed by atoms with van der Waals surface area (Å²) < 4.78 is 25.6. The van der Waals surface area contributed by atoms with Crippen LogP contribution in [0.25, 0.3) is 10.9 Å². The predicted molar refractivity (Wildman–Crippen MR) is 138 cm³/mol. The van der Waals surface area contributed by atoms with Gasteiger partial charge in [0.05, 0.1) is 36.4 Å². The number of rotatable bonds is 4. The zero-order valence-corrected chi connectivity index (χ0v) is 22.5. The molecule has 3 atom stereocenters. The first-order valence-corrected chi connectivity index (χ1v) is 13.6. The predicted octanol–water partition coefficient (Wildman–Crippen LogP) is 4.37. The van der Waals surface area contributed by atoms with E-state index in [1.54, 1.807) is 4.90 Å². The Morgan fingerprint density at radius 1 is 1.43 bits per heavy atom. The first kappa shape index (κ1) is 25.7. The molecule has 12 heteroatoms. The van der Waals surface area contributed by atoms with E-state index in [-0.39, 0.29) is 41.3 Å². The molecule has 4 aliphatic rings. The highest BCUT2D eigenvalue weighted by atomic mass is 35.5. The molecule has 2 aromatic rings. The molecule has 5 heterocycles. The zero-order valence-electron chi connectivity index (χ0n) is 20.9. The third-order valence-electron chi connectivity index (χ3n) is 6.66. The highest BCUT2D eigenvalue weighted by Crippen LogP contribution is 2.45. The van der Waals surface area contributed by atoms with Crippen molar-refractivity contribution in [3.05, 3.63) is 22.7 Å². The van der Waals surface area contributed by atoms with Crippen LogP contribution in [-0.4, -0.2) is 82.1 Å². The number of thioether (sulfide) groups is 1. The lowest BCUT2D eigenvalue weighted by Gasteiger charge is -2.38. The van der Waals surface area contributed by atoms with Crippen LogP contribution in [0.2, 0.25) is 5.15 Å². The molecule has 0 radical (unpaired) electrons. The number of anilines is 1. The van der Waals surface area contributed by atoms with Gasteiger partial charge < -0.3 is 19.7 Å². The van der Waals surface area contributed by atoms with Gasteiger partial charge in [0.2, 0.25) is 0 Å². The minimum Gasteiger partial charge on any atom is -0.448 e. The number of ether oxygens (including phenoxy) is 2. The molecule has 3 aliphatic heterocycles. The molecule has 37 heavy (non-hydrogen) atoms. The van der Waals surface area contributed by atoms with Crippen LogP contribution in [0.1, 0.15) is 32.8 Å². The summed E-state index contributed by atoms with van der Waals surface area (Å²) in [6.07, 6.45) is 3.43. The van der Waals surface area contributed by atoms with E-state index in [1.165, 1.54) is 22.9 Å². The normalized spacial score (nSPS) is 22.4. The SMILES string of the molecule is CSc1nc2c(F)c(Cl)ncc2c(NC2C3CC2N(C(=O)OC(C)(C)C)C3)c1C#CCN1CCOC1=O. The van der Waals surface area contributed by atoms with Crippen molar-refractivity contribution in [3.63, 3.8) is 0 Å². The maximum atomic E-state index is 15.0. The summed E-state index contributed by atoms with van der Waals surface area (Å²) >= 11 is 7.29. The molecule has 1 saturated carbocycles. The number of fused-ring (bicyclic) bond motifs is 2. The molecule has 1 aliphatic carbocycles. The standard InChI is InChI=1S/C25H27ClFN5O4S/c1-25(2,3)36-24(34)32-12-13-10-16(32)18(13)29-19-14(6-5-7-31-8-9-35-23(31)33)22(37-4)30-20-15(19)11-28-21(26)17(20)27/h11,13,16,18H,7-10,12H2,1-4H3,(H,29,30). The second-order valence-corrected chi connectivity index (χ2v) is 11.4. The summed E-state index contributed by atoms with van der Waals surface area (Å²) in [6.45, 7) is 7.11. The Morgan fingerprint density at radius 3 is 2.89 bits per heavy atom. The van der Waals surface area contributed by atoms with E-state index in [2.05, 4.69) is 27.1 Å². The molecular formula is C25H27ClFN5O4S. The quantitative estimate of drug-likeness (QED) is 0.342. The van der Waals surface area contributed by atoms with Crippen molar-refractivity contribution in [2.75, 3.05) is 37.8 Å². The van der Waals surface area contributed by atoms with Gasteiger partial charge in [0.15, 0.2) is 11.0 Å². The minimum absolute atomic E-state index is 0.0638. The molecule has 3 unspecified atom stereocenters. The van der Waals surface area contributed by atoms with Crippen LogP contribution in [0.15, 0.2) is 11.2 Å². The van der Waals surface area contributed by atoms with Crippen molar-refractivity contribution in [2.24, 2.45) is 5.92 Å². The van der Waals surface area contributed by atoms with E-state index < -0.39 is 17.5 Å². The van der Waals surface area contributed by atoms with Gasteiger partial charge in [0, 0.05) is 24.0 Å². The van der Waals surface area contributed by atoms with Gasteiger partial charge in [-0.1, -0.05) is 23.4 Å². The Bertz CT molecular complexity index is 1340. The number of amides is 2. The van der Waals surface area contributed by atoms with E-state index in [4.69, 9.17) is 21.1 Å². The summed E-state index contributed by atoms with van der Waals surface area (Å²) in [4.78, 5) is 36.3. The number of nitrogens with zero attached hydrogens (tertiary/aromatic N) is 4. The smallest absolute Gasteiger partial charge is 0.410 e. The van der Waals surface area contributed by atoms with Gasteiger partial charge in [0.25, 0.3) is 0 Å². The van der Waals surface area contributed by atoms with Gasteiger partial charge in [-0.05, 0) is 33.4 Å². The molecule has 6 rings (SSSR count). The molecule has 2 aromatic heterocycles. The van der Waals surface area contributed by atoms with Crippen molar-refractivity contribution in [1.82, 2.24) is 19.8 Å². The summed E-state index contributed by atoms with van der Waals surface area (Å²) in [7, 11) is 0. The molecule has 0 spiro atoms. The number of halogens is 2. The summed E-state index contributed by atoms with van der Waals surface area (Å²) in [5, 5.41) is 4.25. The maximum Gasteiger partial charge on any atom is 0.410 e. The zero-order chi connectivity index (χ0) is 26.5. The van der Waals surface area contributed by atoms with E-state index >= 15 is 0 Å². The fraction of sp³-hybridized carbons (Fsp3) is 0.520. The van der Waals surface area contributed by atoms with Crippen LogP contribution >= 0.6 is 23.4 Å². The number of hydrogen-bond acceptors (Lipinski definition) is 8. The maximum absolute atomic E-state index is 15.0.